The van der Waals surface area contributed by atoms with Gasteiger partial charge in [0.25, 0.3) is 6.43 Å². The molecule has 0 aliphatic carbocycles. The Bertz CT molecular complexity index is 1590. The Hall–Kier alpha value is -4.17. The molecule has 1 aliphatic heterocycles. The monoisotopic (exact) mass is 569 g/mol. The maximum Gasteiger partial charge on any atom is 0.257 e. The topological polar surface area (TPSA) is 88.0 Å². The number of aromatic nitrogens is 1. The lowest BCUT2D eigenvalue weighted by molar-refractivity contribution is 0.0889. The van der Waals surface area contributed by atoms with Gasteiger partial charge in [-0.15, -0.1) is 5.53 Å². The van der Waals surface area contributed by atoms with Crippen molar-refractivity contribution in [2.24, 2.45) is 0 Å². The molecule has 2 heterocycles. The Morgan fingerprint density at radius 1 is 1.03 bits per heavy atom. The van der Waals surface area contributed by atoms with E-state index in [-0.39, 0.29) is 10.6 Å². The van der Waals surface area contributed by atoms with Crippen molar-refractivity contribution in [2.75, 3.05) is 17.2 Å². The van der Waals surface area contributed by atoms with Crippen LogP contribution in [-0.2, 0) is 0 Å². The Balaban J connectivity index is 1.57. The van der Waals surface area contributed by atoms with Gasteiger partial charge in [-0.3, -0.25) is 9.99 Å². The molecule has 0 radical (unpaired) electrons. The minimum Gasteiger partial charge on any atom is -0.373 e. The number of halogens is 5. The minimum atomic E-state index is -2.53. The largest absolute Gasteiger partial charge is 0.373 e. The van der Waals surface area contributed by atoms with E-state index in [1.54, 1.807) is 18.3 Å². The van der Waals surface area contributed by atoms with Crippen LogP contribution in [0.1, 0.15) is 17.2 Å². The average molecular weight is 570 g/mol. The lowest BCUT2D eigenvalue weighted by Crippen LogP contribution is -2.39. The summed E-state index contributed by atoms with van der Waals surface area (Å²) in [6.45, 7) is -0.495. The van der Waals surface area contributed by atoms with Gasteiger partial charge in [-0.1, -0.05) is 53.5 Å². The van der Waals surface area contributed by atoms with Gasteiger partial charge in [0.15, 0.2) is 0 Å². The van der Waals surface area contributed by atoms with Gasteiger partial charge in [0.1, 0.15) is 11.9 Å². The summed E-state index contributed by atoms with van der Waals surface area (Å²) in [7, 11) is 0. The zero-order chi connectivity index (χ0) is 27.5. The number of benzene rings is 3. The summed E-state index contributed by atoms with van der Waals surface area (Å²) >= 11 is 12.6. The molecule has 0 saturated carbocycles. The number of alkyl halides is 2. The summed E-state index contributed by atoms with van der Waals surface area (Å²) in [4.78, 5) is 4.36. The first-order valence-corrected chi connectivity index (χ1v) is 12.4. The molecule has 0 saturated heterocycles. The first kappa shape index (κ1) is 26.4. The van der Waals surface area contributed by atoms with Crippen LogP contribution in [0.2, 0.25) is 10.0 Å². The van der Waals surface area contributed by atoms with Crippen molar-refractivity contribution in [2.45, 2.75) is 12.5 Å². The molecule has 3 aromatic carbocycles. The number of hydrogen-bond donors (Lipinski definition) is 4. The molecule has 1 aromatic heterocycles. The van der Waals surface area contributed by atoms with Crippen molar-refractivity contribution in [3.63, 3.8) is 0 Å². The molecular formula is C27H20Cl2F3N7. The van der Waals surface area contributed by atoms with E-state index in [1.807, 2.05) is 30.3 Å². The third kappa shape index (κ3) is 5.81. The highest BCUT2D eigenvalue weighted by Crippen LogP contribution is 2.37. The first-order valence-electron chi connectivity index (χ1n) is 11.7. The zero-order valence-corrected chi connectivity index (χ0v) is 21.5. The van der Waals surface area contributed by atoms with Crippen molar-refractivity contribution >= 4 is 51.2 Å². The van der Waals surface area contributed by atoms with Gasteiger partial charge in [-0.25, -0.2) is 13.2 Å². The number of hydrazine groups is 2. The van der Waals surface area contributed by atoms with E-state index in [1.165, 1.54) is 29.4 Å². The van der Waals surface area contributed by atoms with Crippen LogP contribution >= 0.6 is 23.2 Å². The number of nitriles is 1. The molecule has 7 nitrogen and oxygen atoms in total. The summed E-state index contributed by atoms with van der Waals surface area (Å²) in [6, 6.07) is 18.7. The van der Waals surface area contributed by atoms with E-state index in [4.69, 9.17) is 23.2 Å². The second-order valence-electron chi connectivity index (χ2n) is 8.62. The highest BCUT2D eigenvalue weighted by Gasteiger charge is 2.24. The van der Waals surface area contributed by atoms with Crippen molar-refractivity contribution in [1.29, 1.82) is 5.26 Å². The average Bonchev–Trinajstić information content (AvgIpc) is 3.37. The Kier molecular flexibility index (Phi) is 7.65. The molecular weight excluding hydrogens is 550 g/mol. The van der Waals surface area contributed by atoms with E-state index >= 15 is 0 Å². The number of fused-ring (bicyclic) bond motifs is 1. The molecule has 0 amide bonds. The summed E-state index contributed by atoms with van der Waals surface area (Å²) in [5, 5.41) is 18.4. The number of nitrogens with zero attached hydrogens (tertiary/aromatic N) is 3. The molecule has 4 N–H and O–H groups in total. The smallest absolute Gasteiger partial charge is 0.257 e. The summed E-state index contributed by atoms with van der Waals surface area (Å²) in [5.41, 5.74) is 9.27. The van der Waals surface area contributed by atoms with Crippen LogP contribution < -0.4 is 21.6 Å². The molecule has 5 rings (SSSR count). The Morgan fingerprint density at radius 3 is 2.51 bits per heavy atom. The van der Waals surface area contributed by atoms with Gasteiger partial charge in [-0.2, -0.15) is 5.26 Å². The highest BCUT2D eigenvalue weighted by atomic mass is 35.5. The summed E-state index contributed by atoms with van der Waals surface area (Å²) in [6.07, 6.45) is 0.444. The predicted octanol–water partition coefficient (Wildman–Crippen LogP) is 6.88. The maximum atomic E-state index is 13.7. The number of anilines is 3. The highest BCUT2D eigenvalue weighted by molar-refractivity contribution is 6.36. The standard InChI is InChI=1S/C27H20Cl2F3N7/c28-20-9-17(6-7-22(20)30)35-25-16(11-33)12-34-27-19(25)8-18(10-21(27)29)36-26(15-4-2-1-3-5-15)23-13-39(38-37-23)14-24(31)32/h1-10,12-13,24,26,36-38H,14H2,(H,34,35)/t26-/m0/s1. The van der Waals surface area contributed by atoms with E-state index in [9.17, 15) is 18.4 Å². The van der Waals surface area contributed by atoms with E-state index in [0.717, 1.165) is 5.56 Å². The van der Waals surface area contributed by atoms with Gasteiger partial charge < -0.3 is 16.1 Å². The van der Waals surface area contributed by atoms with Crippen LogP contribution in [0.15, 0.2) is 78.8 Å². The fourth-order valence-corrected chi connectivity index (χ4v) is 4.64. The minimum absolute atomic E-state index is 0.0743. The van der Waals surface area contributed by atoms with Gasteiger partial charge in [0.05, 0.1) is 45.1 Å². The number of pyridine rings is 1. The third-order valence-corrected chi connectivity index (χ3v) is 6.54. The predicted molar refractivity (Wildman–Crippen MR) is 146 cm³/mol. The normalized spacial score (nSPS) is 13.7. The van der Waals surface area contributed by atoms with Gasteiger partial charge in [0.2, 0.25) is 0 Å². The zero-order valence-electron chi connectivity index (χ0n) is 20.0. The Labute approximate surface area is 231 Å². The second kappa shape index (κ2) is 11.3. The van der Waals surface area contributed by atoms with Crippen LogP contribution in [0.3, 0.4) is 0 Å². The quantitative estimate of drug-likeness (QED) is 0.184. The molecule has 0 fully saturated rings. The first-order chi connectivity index (χ1) is 18.8. The van der Waals surface area contributed by atoms with Crippen LogP contribution in [0.25, 0.3) is 10.9 Å². The van der Waals surface area contributed by atoms with Crippen LogP contribution in [0.4, 0.5) is 30.2 Å². The van der Waals surface area contributed by atoms with E-state index in [0.29, 0.717) is 38.7 Å². The number of hydrogen-bond acceptors (Lipinski definition) is 7. The number of rotatable bonds is 8. The molecule has 0 bridgehead atoms. The third-order valence-electron chi connectivity index (χ3n) is 5.96. The molecule has 0 unspecified atom stereocenters. The fourth-order valence-electron chi connectivity index (χ4n) is 4.20. The molecule has 1 atom stereocenters. The lowest BCUT2D eigenvalue weighted by Gasteiger charge is -2.22. The van der Waals surface area contributed by atoms with Gasteiger partial charge in [-0.05, 0) is 35.9 Å². The summed E-state index contributed by atoms with van der Waals surface area (Å²) in [5.74, 6) is -0.569. The molecule has 198 valence electrons. The number of nitrogens with one attached hydrogen (secondary N) is 4. The fraction of sp³-hybridized carbons (Fsp3) is 0.111. The molecule has 4 aromatic rings. The van der Waals surface area contributed by atoms with Crippen LogP contribution in [0.5, 0.6) is 0 Å². The Morgan fingerprint density at radius 2 is 1.79 bits per heavy atom. The van der Waals surface area contributed by atoms with E-state index in [2.05, 4.69) is 32.6 Å². The molecule has 12 heteroatoms. The lowest BCUT2D eigenvalue weighted by atomic mass is 10.0. The molecule has 0 spiro atoms. The van der Waals surface area contributed by atoms with Crippen molar-refractivity contribution in [3.05, 3.63) is 106 Å². The van der Waals surface area contributed by atoms with Crippen LogP contribution in [0, 0.1) is 17.1 Å². The van der Waals surface area contributed by atoms with Crippen molar-refractivity contribution in [3.8, 4) is 6.07 Å². The molecule has 1 aliphatic rings. The van der Waals surface area contributed by atoms with Crippen molar-refractivity contribution < 1.29 is 13.2 Å². The second-order valence-corrected chi connectivity index (χ2v) is 9.43. The van der Waals surface area contributed by atoms with Gasteiger partial charge in [0, 0.05) is 29.2 Å². The maximum absolute atomic E-state index is 13.7. The van der Waals surface area contributed by atoms with Crippen molar-refractivity contribution in [1.82, 2.24) is 21.0 Å². The van der Waals surface area contributed by atoms with Gasteiger partial charge >= 0.3 is 0 Å². The SMILES string of the molecule is N#Cc1cnc2c(Cl)cc(N[C@H](C3=CN(CC(F)F)NN3)c3ccccc3)cc2c1Nc1ccc(F)c(Cl)c1. The molecule has 39 heavy (non-hydrogen) atoms. The van der Waals surface area contributed by atoms with Crippen LogP contribution in [-0.4, -0.2) is 23.0 Å². The summed E-state index contributed by atoms with van der Waals surface area (Å²) < 4.78 is 39.6. The van der Waals surface area contributed by atoms with E-state index < -0.39 is 24.8 Å².